The standard InChI is InChI=1S/C19H18ClN3O4S2/c20-17-4-2-1-3-16(17)19-22-14(12-27-19)13-28-18-6-5-15(11-21-18)29(24,25)23-7-9-26-10-8-23/h1-6,11-12H,7-10,13H2. The Hall–Kier alpha value is -1.91. The molecule has 3 aromatic rings. The van der Waals surface area contributed by atoms with Gasteiger partial charge in [0.25, 0.3) is 0 Å². The first-order valence-corrected chi connectivity index (χ1v) is 11.7. The highest BCUT2D eigenvalue weighted by molar-refractivity contribution is 7.98. The summed E-state index contributed by atoms with van der Waals surface area (Å²) in [6, 6.07) is 10.6. The van der Waals surface area contributed by atoms with Crippen LogP contribution in [0.3, 0.4) is 0 Å². The van der Waals surface area contributed by atoms with E-state index < -0.39 is 10.0 Å². The quantitative estimate of drug-likeness (QED) is 0.528. The van der Waals surface area contributed by atoms with Gasteiger partial charge >= 0.3 is 0 Å². The Kier molecular flexibility index (Phi) is 6.21. The van der Waals surface area contributed by atoms with E-state index in [0.29, 0.717) is 48.0 Å². The van der Waals surface area contributed by atoms with Gasteiger partial charge in [-0.3, -0.25) is 0 Å². The Labute approximate surface area is 178 Å². The number of morpholine rings is 1. The third-order valence-electron chi connectivity index (χ3n) is 4.34. The predicted octanol–water partition coefficient (Wildman–Crippen LogP) is 3.70. The fourth-order valence-electron chi connectivity index (χ4n) is 2.82. The lowest BCUT2D eigenvalue weighted by molar-refractivity contribution is 0.0730. The maximum absolute atomic E-state index is 12.6. The van der Waals surface area contributed by atoms with Crippen LogP contribution in [0.15, 0.2) is 63.2 Å². The van der Waals surface area contributed by atoms with Gasteiger partial charge in [0, 0.05) is 25.0 Å². The van der Waals surface area contributed by atoms with Crippen molar-refractivity contribution in [1.82, 2.24) is 14.3 Å². The monoisotopic (exact) mass is 451 g/mol. The molecule has 0 saturated carbocycles. The van der Waals surface area contributed by atoms with E-state index in [1.54, 1.807) is 24.5 Å². The lowest BCUT2D eigenvalue weighted by atomic mass is 10.2. The molecule has 1 aliphatic heterocycles. The molecule has 0 unspecified atom stereocenters. The van der Waals surface area contributed by atoms with Crippen LogP contribution < -0.4 is 0 Å². The van der Waals surface area contributed by atoms with Crippen molar-refractivity contribution in [2.75, 3.05) is 26.3 Å². The molecule has 3 heterocycles. The van der Waals surface area contributed by atoms with Gasteiger partial charge in [0.2, 0.25) is 15.9 Å². The van der Waals surface area contributed by atoms with Crippen LogP contribution in [0.1, 0.15) is 5.69 Å². The maximum Gasteiger partial charge on any atom is 0.244 e. The van der Waals surface area contributed by atoms with Crippen LogP contribution in [0.2, 0.25) is 5.02 Å². The number of hydrogen-bond donors (Lipinski definition) is 0. The molecule has 0 amide bonds. The number of aromatic nitrogens is 2. The van der Waals surface area contributed by atoms with E-state index in [1.807, 2.05) is 18.2 Å². The average molecular weight is 452 g/mol. The van der Waals surface area contributed by atoms with E-state index >= 15 is 0 Å². The molecule has 0 radical (unpaired) electrons. The molecular weight excluding hydrogens is 434 g/mol. The number of nitrogens with zero attached hydrogens (tertiary/aromatic N) is 3. The van der Waals surface area contributed by atoms with E-state index in [9.17, 15) is 8.42 Å². The summed E-state index contributed by atoms with van der Waals surface area (Å²) in [7, 11) is -3.54. The number of ether oxygens (including phenoxy) is 1. The number of pyridine rings is 1. The molecule has 4 rings (SSSR count). The molecule has 0 atom stereocenters. The summed E-state index contributed by atoms with van der Waals surface area (Å²) in [4.78, 5) is 8.93. The Morgan fingerprint density at radius 1 is 1.14 bits per heavy atom. The van der Waals surface area contributed by atoms with Crippen molar-refractivity contribution >= 4 is 33.4 Å². The predicted molar refractivity (Wildman–Crippen MR) is 110 cm³/mol. The Morgan fingerprint density at radius 2 is 1.93 bits per heavy atom. The highest BCUT2D eigenvalue weighted by atomic mass is 35.5. The highest BCUT2D eigenvalue weighted by Gasteiger charge is 2.26. The minimum atomic E-state index is -3.54. The summed E-state index contributed by atoms with van der Waals surface area (Å²) in [5, 5.41) is 1.28. The molecule has 0 N–H and O–H groups in total. The summed E-state index contributed by atoms with van der Waals surface area (Å²) in [6.07, 6.45) is 2.98. The van der Waals surface area contributed by atoms with Gasteiger partial charge in [-0.2, -0.15) is 4.31 Å². The summed E-state index contributed by atoms with van der Waals surface area (Å²) in [5.74, 6) is 1.00. The second-order valence-electron chi connectivity index (χ2n) is 6.26. The summed E-state index contributed by atoms with van der Waals surface area (Å²) < 4.78 is 37.4. The molecule has 1 aromatic carbocycles. The van der Waals surface area contributed by atoms with Gasteiger partial charge in [-0.1, -0.05) is 35.5 Å². The normalized spacial score (nSPS) is 15.5. The first kappa shape index (κ1) is 20.4. The Morgan fingerprint density at radius 3 is 2.66 bits per heavy atom. The number of rotatable bonds is 6. The van der Waals surface area contributed by atoms with Crippen LogP contribution in [-0.4, -0.2) is 49.0 Å². The van der Waals surface area contributed by atoms with Crippen LogP contribution in [0.5, 0.6) is 0 Å². The first-order chi connectivity index (χ1) is 14.0. The maximum atomic E-state index is 12.6. The second-order valence-corrected chi connectivity index (χ2v) is 9.60. The molecule has 10 heteroatoms. The van der Waals surface area contributed by atoms with Crippen LogP contribution in [0.4, 0.5) is 0 Å². The van der Waals surface area contributed by atoms with E-state index in [1.165, 1.54) is 22.3 Å². The highest BCUT2D eigenvalue weighted by Crippen LogP contribution is 2.29. The zero-order valence-electron chi connectivity index (χ0n) is 15.3. The van der Waals surface area contributed by atoms with Crippen LogP contribution in [-0.2, 0) is 20.5 Å². The minimum Gasteiger partial charge on any atom is -0.444 e. The smallest absolute Gasteiger partial charge is 0.244 e. The van der Waals surface area contributed by atoms with Crippen molar-refractivity contribution in [2.45, 2.75) is 15.7 Å². The molecule has 2 aromatic heterocycles. The van der Waals surface area contributed by atoms with E-state index in [2.05, 4.69) is 9.97 Å². The van der Waals surface area contributed by atoms with Crippen molar-refractivity contribution in [3.8, 4) is 11.5 Å². The summed E-state index contributed by atoms with van der Waals surface area (Å²) in [5.41, 5.74) is 1.48. The topological polar surface area (TPSA) is 85.5 Å². The van der Waals surface area contributed by atoms with Crippen molar-refractivity contribution < 1.29 is 17.6 Å². The zero-order chi connectivity index (χ0) is 20.3. The number of hydrogen-bond acceptors (Lipinski definition) is 7. The molecular formula is C19H18ClN3O4S2. The van der Waals surface area contributed by atoms with Crippen molar-refractivity contribution in [3.63, 3.8) is 0 Å². The van der Waals surface area contributed by atoms with Crippen LogP contribution >= 0.6 is 23.4 Å². The average Bonchev–Trinajstić information content (AvgIpc) is 3.22. The Bertz CT molecular complexity index is 1080. The largest absolute Gasteiger partial charge is 0.444 e. The van der Waals surface area contributed by atoms with Crippen LogP contribution in [0.25, 0.3) is 11.5 Å². The fourth-order valence-corrected chi connectivity index (χ4v) is 5.11. The van der Waals surface area contributed by atoms with Gasteiger partial charge in [0.05, 0.1) is 34.5 Å². The molecule has 152 valence electrons. The van der Waals surface area contributed by atoms with Gasteiger partial charge in [0.15, 0.2) is 0 Å². The first-order valence-electron chi connectivity index (χ1n) is 8.90. The summed E-state index contributed by atoms with van der Waals surface area (Å²) >= 11 is 7.62. The second kappa shape index (κ2) is 8.85. The van der Waals surface area contributed by atoms with Gasteiger partial charge in [0.1, 0.15) is 11.2 Å². The molecule has 0 aliphatic carbocycles. The number of sulfonamides is 1. The number of oxazole rings is 1. The van der Waals surface area contributed by atoms with Crippen molar-refractivity contribution in [1.29, 1.82) is 0 Å². The van der Waals surface area contributed by atoms with Gasteiger partial charge in [-0.15, -0.1) is 0 Å². The lowest BCUT2D eigenvalue weighted by Gasteiger charge is -2.25. The molecule has 1 fully saturated rings. The van der Waals surface area contributed by atoms with Crippen LogP contribution in [0, 0.1) is 0 Å². The molecule has 29 heavy (non-hydrogen) atoms. The lowest BCUT2D eigenvalue weighted by Crippen LogP contribution is -2.40. The van der Waals surface area contributed by atoms with E-state index in [4.69, 9.17) is 20.8 Å². The zero-order valence-corrected chi connectivity index (χ0v) is 17.7. The van der Waals surface area contributed by atoms with Gasteiger partial charge < -0.3 is 9.15 Å². The van der Waals surface area contributed by atoms with E-state index in [0.717, 1.165) is 11.3 Å². The molecule has 7 nitrogen and oxygen atoms in total. The fraction of sp³-hybridized carbons (Fsp3) is 0.263. The Balaban J connectivity index is 1.40. The third-order valence-corrected chi connectivity index (χ3v) is 7.53. The molecule has 1 saturated heterocycles. The molecule has 0 spiro atoms. The number of halogens is 1. The molecule has 0 bridgehead atoms. The van der Waals surface area contributed by atoms with E-state index in [-0.39, 0.29) is 4.90 Å². The van der Waals surface area contributed by atoms with Crippen molar-refractivity contribution in [3.05, 3.63) is 59.6 Å². The summed E-state index contributed by atoms with van der Waals surface area (Å²) in [6.45, 7) is 1.54. The SMILES string of the molecule is O=S(=O)(c1ccc(SCc2coc(-c3ccccc3Cl)n2)nc1)N1CCOCC1. The minimum absolute atomic E-state index is 0.186. The number of benzene rings is 1. The number of thioether (sulfide) groups is 1. The third kappa shape index (κ3) is 4.65. The van der Waals surface area contributed by atoms with Gasteiger partial charge in [-0.25, -0.2) is 18.4 Å². The van der Waals surface area contributed by atoms with Gasteiger partial charge in [-0.05, 0) is 24.3 Å². The molecule has 1 aliphatic rings. The van der Waals surface area contributed by atoms with Crippen molar-refractivity contribution in [2.24, 2.45) is 0 Å².